The molecule has 1 aromatic rings. The van der Waals surface area contributed by atoms with Crippen molar-refractivity contribution in [2.75, 3.05) is 18.0 Å². The zero-order valence-electron chi connectivity index (χ0n) is 12.7. The van der Waals surface area contributed by atoms with Gasteiger partial charge in [0.2, 0.25) is 5.91 Å². The highest BCUT2D eigenvalue weighted by Gasteiger charge is 2.31. The zero-order valence-corrected chi connectivity index (χ0v) is 12.7. The van der Waals surface area contributed by atoms with Crippen LogP contribution in [0.3, 0.4) is 0 Å². The highest BCUT2D eigenvalue weighted by molar-refractivity contribution is 5.83. The lowest BCUT2D eigenvalue weighted by molar-refractivity contribution is -0.137. The zero-order chi connectivity index (χ0) is 15.6. The molecule has 1 unspecified atom stereocenters. The van der Waals surface area contributed by atoms with Crippen molar-refractivity contribution in [1.82, 2.24) is 5.32 Å². The van der Waals surface area contributed by atoms with E-state index in [0.717, 1.165) is 11.3 Å². The molecule has 0 fully saturated rings. The van der Waals surface area contributed by atoms with Crippen molar-refractivity contribution in [2.24, 2.45) is 0 Å². The van der Waals surface area contributed by atoms with E-state index in [4.69, 9.17) is 5.11 Å². The fraction of sp³-hybridized carbons (Fsp3) is 0.500. The monoisotopic (exact) mass is 290 g/mol. The molecule has 0 spiro atoms. The van der Waals surface area contributed by atoms with Gasteiger partial charge in [-0.25, -0.2) is 0 Å². The number of fused-ring (bicyclic) bond motifs is 1. The second kappa shape index (κ2) is 5.76. The summed E-state index contributed by atoms with van der Waals surface area (Å²) < 4.78 is 0. The van der Waals surface area contributed by atoms with E-state index in [1.165, 1.54) is 0 Å². The molecular formula is C16H22N2O3. The quantitative estimate of drug-likeness (QED) is 0.889. The third-order valence-electron chi connectivity index (χ3n) is 3.43. The molecule has 5 heteroatoms. The Morgan fingerprint density at radius 3 is 2.62 bits per heavy atom. The van der Waals surface area contributed by atoms with Gasteiger partial charge in [0.05, 0.1) is 13.0 Å². The third kappa shape index (κ3) is 3.97. The van der Waals surface area contributed by atoms with Crippen molar-refractivity contribution in [3.63, 3.8) is 0 Å². The predicted octanol–water partition coefficient (Wildman–Crippen LogP) is 1.98. The predicted molar refractivity (Wildman–Crippen MR) is 81.5 cm³/mol. The maximum atomic E-state index is 12.1. The van der Waals surface area contributed by atoms with Crippen LogP contribution in [0.15, 0.2) is 24.3 Å². The van der Waals surface area contributed by atoms with E-state index in [1.807, 2.05) is 49.9 Å². The van der Waals surface area contributed by atoms with E-state index in [2.05, 4.69) is 5.32 Å². The second-order valence-electron chi connectivity index (χ2n) is 6.53. The highest BCUT2D eigenvalue weighted by Crippen LogP contribution is 2.37. The molecule has 0 aromatic heterocycles. The van der Waals surface area contributed by atoms with Gasteiger partial charge in [-0.3, -0.25) is 9.59 Å². The summed E-state index contributed by atoms with van der Waals surface area (Å²) in [6.45, 7) is 6.65. The smallest absolute Gasteiger partial charge is 0.304 e. The summed E-state index contributed by atoms with van der Waals surface area (Å²) in [5.41, 5.74) is 1.72. The molecule has 0 saturated carbocycles. The molecular weight excluding hydrogens is 268 g/mol. The molecule has 114 valence electrons. The first kappa shape index (κ1) is 15.4. The summed E-state index contributed by atoms with van der Waals surface area (Å²) in [6.07, 6.45) is 0.0917. The van der Waals surface area contributed by atoms with Crippen LogP contribution in [0.1, 0.15) is 38.7 Å². The van der Waals surface area contributed by atoms with Crippen molar-refractivity contribution in [1.29, 1.82) is 0 Å². The van der Waals surface area contributed by atoms with E-state index >= 15 is 0 Å². The maximum absolute atomic E-state index is 12.1. The van der Waals surface area contributed by atoms with Gasteiger partial charge >= 0.3 is 5.97 Å². The Kier molecular flexibility index (Phi) is 4.21. The number of rotatable bonds is 4. The van der Waals surface area contributed by atoms with Crippen molar-refractivity contribution in [3.05, 3.63) is 29.8 Å². The summed E-state index contributed by atoms with van der Waals surface area (Å²) in [4.78, 5) is 25.0. The Balaban J connectivity index is 2.12. The molecule has 0 saturated heterocycles. The molecule has 1 atom stereocenters. The van der Waals surface area contributed by atoms with Gasteiger partial charge in [0.15, 0.2) is 0 Å². The Bertz CT molecular complexity index is 549. The standard InChI is InChI=1S/C16H22N2O3/c1-16(2,3)17-14(19)10-18-9-11(8-15(20)21)12-6-4-5-7-13(12)18/h4-7,11H,8-10H2,1-3H3,(H,17,19)(H,20,21). The number of nitrogens with zero attached hydrogens (tertiary/aromatic N) is 1. The first-order valence-electron chi connectivity index (χ1n) is 7.13. The molecule has 0 bridgehead atoms. The van der Waals surface area contributed by atoms with Gasteiger partial charge in [0.25, 0.3) is 0 Å². The topological polar surface area (TPSA) is 69.6 Å². The van der Waals surface area contributed by atoms with Crippen LogP contribution >= 0.6 is 0 Å². The van der Waals surface area contributed by atoms with Crippen molar-refractivity contribution in [2.45, 2.75) is 38.6 Å². The number of carbonyl (C=O) groups excluding carboxylic acids is 1. The average molecular weight is 290 g/mol. The van der Waals surface area contributed by atoms with Gasteiger partial charge < -0.3 is 15.3 Å². The largest absolute Gasteiger partial charge is 0.481 e. The van der Waals surface area contributed by atoms with Crippen LogP contribution in [0.25, 0.3) is 0 Å². The minimum Gasteiger partial charge on any atom is -0.481 e. The summed E-state index contributed by atoms with van der Waals surface area (Å²) >= 11 is 0. The van der Waals surface area contributed by atoms with E-state index in [1.54, 1.807) is 0 Å². The normalized spacial score (nSPS) is 17.5. The van der Waals surface area contributed by atoms with Crippen molar-refractivity contribution in [3.8, 4) is 0 Å². The average Bonchev–Trinajstić information content (AvgIpc) is 2.65. The number of aliphatic carboxylic acids is 1. The number of para-hydroxylation sites is 1. The van der Waals surface area contributed by atoms with Crippen LogP contribution in [-0.4, -0.2) is 35.6 Å². The number of amides is 1. The molecule has 0 radical (unpaired) electrons. The number of hydrogen-bond donors (Lipinski definition) is 2. The molecule has 2 N–H and O–H groups in total. The van der Waals surface area contributed by atoms with Crippen LogP contribution in [0.5, 0.6) is 0 Å². The first-order valence-corrected chi connectivity index (χ1v) is 7.13. The van der Waals surface area contributed by atoms with Crippen LogP contribution < -0.4 is 10.2 Å². The molecule has 1 heterocycles. The van der Waals surface area contributed by atoms with Crippen LogP contribution in [-0.2, 0) is 9.59 Å². The van der Waals surface area contributed by atoms with Crippen molar-refractivity contribution < 1.29 is 14.7 Å². The lowest BCUT2D eigenvalue weighted by atomic mass is 9.98. The Labute approximate surface area is 125 Å². The summed E-state index contributed by atoms with van der Waals surface area (Å²) in [6, 6.07) is 7.72. The SMILES string of the molecule is CC(C)(C)NC(=O)CN1CC(CC(=O)O)c2ccccc21. The lowest BCUT2D eigenvalue weighted by Crippen LogP contribution is -2.45. The molecule has 1 aromatic carbocycles. The van der Waals surface area contributed by atoms with Crippen molar-refractivity contribution >= 4 is 17.6 Å². The second-order valence-corrected chi connectivity index (χ2v) is 6.53. The molecule has 5 nitrogen and oxygen atoms in total. The van der Waals surface area contributed by atoms with Gasteiger partial charge in [-0.15, -0.1) is 0 Å². The highest BCUT2D eigenvalue weighted by atomic mass is 16.4. The molecule has 1 aliphatic rings. The number of anilines is 1. The molecule has 2 rings (SSSR count). The Hall–Kier alpha value is -2.04. The fourth-order valence-corrected chi connectivity index (χ4v) is 2.75. The van der Waals surface area contributed by atoms with Gasteiger partial charge in [-0.2, -0.15) is 0 Å². The Morgan fingerprint density at radius 2 is 2.00 bits per heavy atom. The summed E-state index contributed by atoms with van der Waals surface area (Å²) in [5, 5.41) is 12.0. The number of carboxylic acid groups (broad SMARTS) is 1. The number of carboxylic acids is 1. The number of nitrogens with one attached hydrogen (secondary N) is 1. The van der Waals surface area contributed by atoms with E-state index < -0.39 is 5.97 Å². The maximum Gasteiger partial charge on any atom is 0.304 e. The molecule has 1 aliphatic heterocycles. The van der Waals surface area contributed by atoms with E-state index in [9.17, 15) is 9.59 Å². The first-order chi connectivity index (χ1) is 9.76. The fourth-order valence-electron chi connectivity index (χ4n) is 2.75. The number of hydrogen-bond acceptors (Lipinski definition) is 3. The number of benzene rings is 1. The van der Waals surface area contributed by atoms with Gasteiger partial charge in [0.1, 0.15) is 0 Å². The molecule has 0 aliphatic carbocycles. The van der Waals surface area contributed by atoms with E-state index in [0.29, 0.717) is 6.54 Å². The molecule has 1 amide bonds. The van der Waals surface area contributed by atoms with Crippen LogP contribution in [0.4, 0.5) is 5.69 Å². The summed E-state index contributed by atoms with van der Waals surface area (Å²) in [5.74, 6) is -0.912. The third-order valence-corrected chi connectivity index (χ3v) is 3.43. The van der Waals surface area contributed by atoms with Crippen LogP contribution in [0, 0.1) is 0 Å². The van der Waals surface area contributed by atoms with E-state index in [-0.39, 0.29) is 30.3 Å². The van der Waals surface area contributed by atoms with Crippen LogP contribution in [0.2, 0.25) is 0 Å². The summed E-state index contributed by atoms with van der Waals surface area (Å²) in [7, 11) is 0. The minimum absolute atomic E-state index is 0.0479. The molecule has 21 heavy (non-hydrogen) atoms. The van der Waals surface area contributed by atoms with Gasteiger partial charge in [-0.1, -0.05) is 18.2 Å². The minimum atomic E-state index is -0.809. The lowest BCUT2D eigenvalue weighted by Gasteiger charge is -2.24. The Morgan fingerprint density at radius 1 is 1.33 bits per heavy atom. The van der Waals surface area contributed by atoms with Gasteiger partial charge in [0, 0.05) is 23.7 Å². The van der Waals surface area contributed by atoms with Gasteiger partial charge in [-0.05, 0) is 32.4 Å². The number of carbonyl (C=O) groups is 2.